The predicted molar refractivity (Wildman–Crippen MR) is 73.1 cm³/mol. The van der Waals surface area contributed by atoms with Gasteiger partial charge in [-0.05, 0) is 19.9 Å². The Kier molecular flexibility index (Phi) is 5.00. The number of piperazine rings is 1. The van der Waals surface area contributed by atoms with Crippen molar-refractivity contribution in [3.63, 3.8) is 0 Å². The zero-order valence-corrected chi connectivity index (χ0v) is 12.1. The summed E-state index contributed by atoms with van der Waals surface area (Å²) in [6, 6.07) is 0.715. The largest absolute Gasteiger partial charge is 0.319 e. The highest BCUT2D eigenvalue weighted by Gasteiger charge is 2.30. The van der Waals surface area contributed by atoms with E-state index >= 15 is 0 Å². The van der Waals surface area contributed by atoms with E-state index in [2.05, 4.69) is 10.2 Å². The van der Waals surface area contributed by atoms with Gasteiger partial charge in [-0.25, -0.2) is 8.42 Å². The molecule has 5 nitrogen and oxygen atoms in total. The van der Waals surface area contributed by atoms with Gasteiger partial charge in [0.05, 0.1) is 5.75 Å². The maximum Gasteiger partial charge on any atom is 0.215 e. The van der Waals surface area contributed by atoms with Crippen LogP contribution in [0.3, 0.4) is 0 Å². The van der Waals surface area contributed by atoms with Crippen LogP contribution >= 0.6 is 0 Å². The van der Waals surface area contributed by atoms with Gasteiger partial charge in [-0.2, -0.15) is 4.31 Å². The fraction of sp³-hybridized carbons (Fsp3) is 1.00. The van der Waals surface area contributed by atoms with Gasteiger partial charge in [0.1, 0.15) is 0 Å². The van der Waals surface area contributed by atoms with Crippen molar-refractivity contribution in [1.82, 2.24) is 14.5 Å². The molecular weight excluding hydrogens is 250 g/mol. The van der Waals surface area contributed by atoms with Gasteiger partial charge in [-0.1, -0.05) is 12.8 Å². The molecule has 6 heteroatoms. The number of hydrogen-bond donors (Lipinski definition) is 1. The average Bonchev–Trinajstić information content (AvgIpc) is 2.90. The Labute approximate surface area is 111 Å². The summed E-state index contributed by atoms with van der Waals surface area (Å²) in [5.74, 6) is 0.215. The van der Waals surface area contributed by atoms with Gasteiger partial charge in [0.25, 0.3) is 0 Å². The standard InChI is InChI=1S/C12H25N3O2S/c1-13-6-11-18(16,17)15-9-7-14(8-10-15)12-4-2-3-5-12/h12-13H,2-11H2,1H3. The minimum Gasteiger partial charge on any atom is -0.319 e. The van der Waals surface area contributed by atoms with E-state index < -0.39 is 10.0 Å². The molecule has 1 heterocycles. The second kappa shape index (κ2) is 6.32. The fourth-order valence-corrected chi connectivity index (χ4v) is 4.42. The van der Waals surface area contributed by atoms with Crippen molar-refractivity contribution in [2.45, 2.75) is 31.7 Å². The van der Waals surface area contributed by atoms with Crippen LogP contribution in [-0.2, 0) is 10.0 Å². The molecule has 0 spiro atoms. The third-order valence-corrected chi connectivity index (χ3v) is 5.99. The zero-order chi connectivity index (χ0) is 13.0. The van der Waals surface area contributed by atoms with Gasteiger partial charge in [-0.3, -0.25) is 4.90 Å². The lowest BCUT2D eigenvalue weighted by Gasteiger charge is -2.37. The topological polar surface area (TPSA) is 52.7 Å². The second-order valence-corrected chi connectivity index (χ2v) is 7.38. The maximum atomic E-state index is 12.0. The monoisotopic (exact) mass is 275 g/mol. The summed E-state index contributed by atoms with van der Waals surface area (Å²) in [5, 5.41) is 2.90. The Bertz CT molecular complexity index is 344. The number of sulfonamides is 1. The molecule has 2 fully saturated rings. The Morgan fingerprint density at radius 1 is 1.11 bits per heavy atom. The molecule has 1 N–H and O–H groups in total. The van der Waals surface area contributed by atoms with Gasteiger partial charge >= 0.3 is 0 Å². The molecule has 0 radical (unpaired) electrons. The van der Waals surface area contributed by atoms with Gasteiger partial charge in [-0.15, -0.1) is 0 Å². The summed E-state index contributed by atoms with van der Waals surface area (Å²) >= 11 is 0. The smallest absolute Gasteiger partial charge is 0.215 e. The lowest BCUT2D eigenvalue weighted by Crippen LogP contribution is -2.52. The third-order valence-electron chi connectivity index (χ3n) is 4.12. The normalized spacial score (nSPS) is 24.7. The van der Waals surface area contributed by atoms with Crippen molar-refractivity contribution in [1.29, 1.82) is 0 Å². The number of hydrogen-bond acceptors (Lipinski definition) is 4. The van der Waals surface area contributed by atoms with Crippen LogP contribution in [0.2, 0.25) is 0 Å². The van der Waals surface area contributed by atoms with Crippen molar-refractivity contribution in [3.8, 4) is 0 Å². The Balaban J connectivity index is 1.82. The molecule has 106 valence electrons. The Morgan fingerprint density at radius 2 is 1.72 bits per heavy atom. The van der Waals surface area contributed by atoms with Crippen LogP contribution in [-0.4, -0.2) is 69.2 Å². The maximum absolute atomic E-state index is 12.0. The molecule has 0 atom stereocenters. The molecule has 18 heavy (non-hydrogen) atoms. The van der Waals surface area contributed by atoms with E-state index in [1.807, 2.05) is 0 Å². The molecule has 0 aromatic heterocycles. The Hall–Kier alpha value is -0.170. The summed E-state index contributed by atoms with van der Waals surface area (Å²) in [4.78, 5) is 2.48. The predicted octanol–water partition coefficient (Wildman–Crippen LogP) is 0.0958. The quantitative estimate of drug-likeness (QED) is 0.773. The molecule has 2 aliphatic rings. The first-order chi connectivity index (χ1) is 8.63. The van der Waals surface area contributed by atoms with Gasteiger partial charge in [0.15, 0.2) is 0 Å². The molecule has 0 bridgehead atoms. The summed E-state index contributed by atoms with van der Waals surface area (Å²) in [6.07, 6.45) is 5.27. The molecule has 0 aromatic rings. The summed E-state index contributed by atoms with van der Waals surface area (Å²) in [7, 11) is -1.26. The molecular formula is C12H25N3O2S. The van der Waals surface area contributed by atoms with Gasteiger partial charge in [0.2, 0.25) is 10.0 Å². The van der Waals surface area contributed by atoms with Crippen LogP contribution in [0, 0.1) is 0 Å². The highest BCUT2D eigenvalue weighted by Crippen LogP contribution is 2.24. The van der Waals surface area contributed by atoms with E-state index in [4.69, 9.17) is 0 Å². The van der Waals surface area contributed by atoms with Gasteiger partial charge < -0.3 is 5.32 Å². The minimum absolute atomic E-state index is 0.215. The van der Waals surface area contributed by atoms with Crippen LogP contribution in [0.25, 0.3) is 0 Å². The lowest BCUT2D eigenvalue weighted by molar-refractivity contribution is 0.139. The van der Waals surface area contributed by atoms with E-state index in [1.54, 1.807) is 11.4 Å². The zero-order valence-electron chi connectivity index (χ0n) is 11.3. The Morgan fingerprint density at radius 3 is 2.28 bits per heavy atom. The fourth-order valence-electron chi connectivity index (χ4n) is 2.98. The van der Waals surface area contributed by atoms with Crippen LogP contribution in [0.15, 0.2) is 0 Å². The van der Waals surface area contributed by atoms with Crippen LogP contribution < -0.4 is 5.32 Å². The summed E-state index contributed by atoms with van der Waals surface area (Å²) in [5.41, 5.74) is 0. The molecule has 0 amide bonds. The SMILES string of the molecule is CNCCS(=O)(=O)N1CCN(C2CCCC2)CC1. The van der Waals surface area contributed by atoms with Crippen LogP contribution in [0.4, 0.5) is 0 Å². The molecule has 1 aliphatic heterocycles. The van der Waals surface area contributed by atoms with Crippen molar-refractivity contribution in [2.75, 3.05) is 45.5 Å². The van der Waals surface area contributed by atoms with E-state index in [9.17, 15) is 8.42 Å². The van der Waals surface area contributed by atoms with E-state index in [0.29, 0.717) is 25.7 Å². The van der Waals surface area contributed by atoms with E-state index in [0.717, 1.165) is 13.1 Å². The first-order valence-electron chi connectivity index (χ1n) is 7.00. The van der Waals surface area contributed by atoms with Crippen molar-refractivity contribution >= 4 is 10.0 Å². The molecule has 1 saturated carbocycles. The van der Waals surface area contributed by atoms with Crippen molar-refractivity contribution in [3.05, 3.63) is 0 Å². The molecule has 0 aromatic carbocycles. The molecule has 1 saturated heterocycles. The van der Waals surface area contributed by atoms with E-state index in [1.165, 1.54) is 25.7 Å². The highest BCUT2D eigenvalue weighted by atomic mass is 32.2. The molecule has 1 aliphatic carbocycles. The summed E-state index contributed by atoms with van der Waals surface area (Å²) < 4.78 is 25.7. The molecule has 2 rings (SSSR count). The van der Waals surface area contributed by atoms with Gasteiger partial charge in [0, 0.05) is 38.8 Å². The summed E-state index contributed by atoms with van der Waals surface area (Å²) in [6.45, 7) is 3.68. The first-order valence-corrected chi connectivity index (χ1v) is 8.61. The minimum atomic E-state index is -3.05. The number of nitrogens with one attached hydrogen (secondary N) is 1. The third kappa shape index (κ3) is 3.44. The number of rotatable bonds is 5. The number of nitrogens with zero attached hydrogens (tertiary/aromatic N) is 2. The lowest BCUT2D eigenvalue weighted by atomic mass is 10.2. The molecule has 0 unspecified atom stereocenters. The second-order valence-electron chi connectivity index (χ2n) is 5.29. The van der Waals surface area contributed by atoms with E-state index in [-0.39, 0.29) is 5.75 Å². The highest BCUT2D eigenvalue weighted by molar-refractivity contribution is 7.89. The first kappa shape index (κ1) is 14.2. The van der Waals surface area contributed by atoms with Crippen molar-refractivity contribution < 1.29 is 8.42 Å². The van der Waals surface area contributed by atoms with Crippen molar-refractivity contribution in [2.24, 2.45) is 0 Å². The van der Waals surface area contributed by atoms with Crippen LogP contribution in [0.5, 0.6) is 0 Å². The van der Waals surface area contributed by atoms with Crippen LogP contribution in [0.1, 0.15) is 25.7 Å². The average molecular weight is 275 g/mol.